The van der Waals surface area contributed by atoms with Gasteiger partial charge in [-0.15, -0.1) is 0 Å². The van der Waals surface area contributed by atoms with Crippen molar-refractivity contribution in [1.29, 1.82) is 0 Å². The molecule has 0 saturated carbocycles. The molecule has 8 rings (SSSR count). The molecule has 0 aliphatic heterocycles. The van der Waals surface area contributed by atoms with Crippen LogP contribution in [-0.4, -0.2) is 44.4 Å². The maximum absolute atomic E-state index is 13.6. The molecule has 1 atom stereocenters. The lowest BCUT2D eigenvalue weighted by Crippen LogP contribution is -2.39. The van der Waals surface area contributed by atoms with Crippen LogP contribution in [0.1, 0.15) is 67.1 Å². The van der Waals surface area contributed by atoms with Gasteiger partial charge in [-0.05, 0) is 91.2 Å². The van der Waals surface area contributed by atoms with Crippen molar-refractivity contribution < 1.29 is 24.5 Å². The minimum absolute atomic E-state index is 0.0370. The van der Waals surface area contributed by atoms with Crippen LogP contribution in [0, 0.1) is 0 Å². The van der Waals surface area contributed by atoms with E-state index in [0.717, 1.165) is 19.3 Å². The van der Waals surface area contributed by atoms with Crippen LogP contribution in [0.3, 0.4) is 0 Å². The van der Waals surface area contributed by atoms with Gasteiger partial charge in [0, 0.05) is 53.3 Å². The second-order valence-corrected chi connectivity index (χ2v) is 17.2. The van der Waals surface area contributed by atoms with E-state index in [1.807, 2.05) is 13.8 Å². The van der Waals surface area contributed by atoms with E-state index >= 15 is 0 Å². The minimum Gasteiger partial charge on any atom is -0.478 e. The Bertz CT molecular complexity index is 3370. The van der Waals surface area contributed by atoms with Crippen LogP contribution in [0.2, 0.25) is 20.1 Å². The Morgan fingerprint density at radius 2 is 1.14 bits per heavy atom. The summed E-state index contributed by atoms with van der Waals surface area (Å²) in [6.45, 7) is 4.65. The molecule has 0 radical (unpaired) electrons. The topological polar surface area (TPSA) is 190 Å². The molecular formula is C50H46Cl4N6O9. The van der Waals surface area contributed by atoms with Gasteiger partial charge in [-0.2, -0.15) is 0 Å². The van der Waals surface area contributed by atoms with E-state index < -0.39 is 23.3 Å². The van der Waals surface area contributed by atoms with E-state index in [9.17, 15) is 29.1 Å². The lowest BCUT2D eigenvalue weighted by atomic mass is 9.99. The Hall–Kier alpha value is -6.75. The van der Waals surface area contributed by atoms with E-state index in [4.69, 9.17) is 61.0 Å². The fourth-order valence-corrected chi connectivity index (χ4v) is 7.60. The summed E-state index contributed by atoms with van der Waals surface area (Å²) in [7, 11) is 3.20. The summed E-state index contributed by atoms with van der Waals surface area (Å²) in [6.07, 6.45) is 4.74. The molecule has 2 N–H and O–H groups in total. The standard InChI is InChI=1S/C25H23Cl2N3O4.C18H18ClN3O3.C7H5ClO2/c1-3-4-12-30-24(32)20-19(29(2)25(30)33)14-28-23(34-18-7-5-6-17(27)13-18)21(20)22(31)15-8-10-16(26)11-9-15;1-3-4-8-22-17(23)14-10-16(20-11-15(14)21(2)18(22)24)25-13-7-5-6-12(19)9-13;8-6-3-1-5(2-4-6)7(9)10/h5-11,13-14,22,31H,3-4,12H2,1-2H3;5-7,9-11H,3-4,8H2,1-2H3;1-4H,(H,9,10). The number of benzene rings is 4. The van der Waals surface area contributed by atoms with Crippen LogP contribution in [-0.2, 0) is 27.2 Å². The maximum Gasteiger partial charge on any atom is 0.335 e. The molecule has 4 aromatic carbocycles. The summed E-state index contributed by atoms with van der Waals surface area (Å²) in [5.74, 6) is 0.287. The zero-order valence-corrected chi connectivity index (χ0v) is 40.8. The third-order valence-corrected chi connectivity index (χ3v) is 11.6. The van der Waals surface area contributed by atoms with E-state index in [1.54, 1.807) is 105 Å². The number of aliphatic hydroxyl groups is 1. The molecular weight excluding hydrogens is 970 g/mol. The Balaban J connectivity index is 0.000000195. The van der Waals surface area contributed by atoms with Gasteiger partial charge in [0.15, 0.2) is 0 Å². The third-order valence-electron chi connectivity index (χ3n) is 10.7. The number of rotatable bonds is 13. The van der Waals surface area contributed by atoms with Gasteiger partial charge in [-0.25, -0.2) is 24.4 Å². The van der Waals surface area contributed by atoms with Crippen molar-refractivity contribution >= 4 is 74.2 Å². The predicted octanol–water partition coefficient (Wildman–Crippen LogP) is 10.5. The highest BCUT2D eigenvalue weighted by atomic mass is 35.5. The molecule has 0 fully saturated rings. The number of aromatic nitrogens is 6. The highest BCUT2D eigenvalue weighted by Crippen LogP contribution is 2.36. The summed E-state index contributed by atoms with van der Waals surface area (Å²) in [6, 6.07) is 27.8. The molecule has 0 amide bonds. The van der Waals surface area contributed by atoms with Crippen molar-refractivity contribution in [3.8, 4) is 23.3 Å². The Morgan fingerprint density at radius 1 is 0.638 bits per heavy atom. The summed E-state index contributed by atoms with van der Waals surface area (Å²) in [5, 5.41) is 22.5. The van der Waals surface area contributed by atoms with Crippen molar-refractivity contribution in [3.05, 3.63) is 194 Å². The summed E-state index contributed by atoms with van der Waals surface area (Å²) in [4.78, 5) is 70.4. The number of carbonyl (C=O) groups is 1. The number of carboxylic acids is 1. The highest BCUT2D eigenvalue weighted by Gasteiger charge is 2.26. The first-order chi connectivity index (χ1) is 33.0. The van der Waals surface area contributed by atoms with E-state index in [2.05, 4.69) is 9.97 Å². The van der Waals surface area contributed by atoms with Gasteiger partial charge in [0.2, 0.25) is 11.8 Å². The first kappa shape index (κ1) is 51.6. The number of aromatic carboxylic acids is 1. The fourth-order valence-electron chi connectivity index (χ4n) is 6.98. The predicted molar refractivity (Wildman–Crippen MR) is 269 cm³/mol. The summed E-state index contributed by atoms with van der Waals surface area (Å²) >= 11 is 23.6. The van der Waals surface area contributed by atoms with Crippen molar-refractivity contribution in [2.24, 2.45) is 14.1 Å². The second kappa shape index (κ2) is 23.5. The lowest BCUT2D eigenvalue weighted by molar-refractivity contribution is 0.0697. The van der Waals surface area contributed by atoms with Crippen LogP contribution in [0.4, 0.5) is 0 Å². The molecule has 0 spiro atoms. The van der Waals surface area contributed by atoms with Gasteiger partial charge in [0.05, 0.1) is 45.3 Å². The normalized spacial score (nSPS) is 11.3. The van der Waals surface area contributed by atoms with Crippen LogP contribution in [0.25, 0.3) is 21.8 Å². The number of ether oxygens (including phenoxy) is 2. The number of pyridine rings is 2. The smallest absolute Gasteiger partial charge is 0.335 e. The van der Waals surface area contributed by atoms with Gasteiger partial charge in [0.1, 0.15) is 17.6 Å². The largest absolute Gasteiger partial charge is 0.478 e. The number of carboxylic acid groups (broad SMARTS) is 1. The first-order valence-corrected chi connectivity index (χ1v) is 23.0. The van der Waals surface area contributed by atoms with Crippen molar-refractivity contribution in [2.45, 2.75) is 58.7 Å². The van der Waals surface area contributed by atoms with Crippen LogP contribution in [0.15, 0.2) is 135 Å². The average molecular weight is 1020 g/mol. The summed E-state index contributed by atoms with van der Waals surface area (Å²) in [5.41, 5.74) is 0.0562. The molecule has 8 aromatic rings. The van der Waals surface area contributed by atoms with Gasteiger partial charge in [0.25, 0.3) is 11.1 Å². The number of unbranched alkanes of at least 4 members (excludes halogenated alkanes) is 2. The number of nitrogens with zero attached hydrogens (tertiary/aromatic N) is 6. The van der Waals surface area contributed by atoms with Gasteiger partial charge < -0.3 is 19.7 Å². The van der Waals surface area contributed by atoms with Gasteiger partial charge >= 0.3 is 17.3 Å². The number of hydrogen-bond acceptors (Lipinski definition) is 10. The van der Waals surface area contributed by atoms with Crippen LogP contribution >= 0.6 is 46.4 Å². The zero-order chi connectivity index (χ0) is 49.9. The highest BCUT2D eigenvalue weighted by molar-refractivity contribution is 6.31. The molecule has 69 heavy (non-hydrogen) atoms. The average Bonchev–Trinajstić information content (AvgIpc) is 3.33. The Kier molecular flexibility index (Phi) is 17.6. The SMILES string of the molecule is CCCCn1c(=O)c2c(C(O)c3ccc(Cl)cc3)c(Oc3cccc(Cl)c3)ncc2n(C)c1=O.CCCCn1c(=O)c2cc(Oc3cccc(Cl)c3)ncc2n(C)c1=O.O=C(O)c1ccc(Cl)cc1. The van der Waals surface area contributed by atoms with Gasteiger partial charge in [-0.1, -0.05) is 97.4 Å². The number of fused-ring (bicyclic) bond motifs is 2. The van der Waals surface area contributed by atoms with Crippen molar-refractivity contribution in [2.75, 3.05) is 0 Å². The number of halogens is 4. The molecule has 1 unspecified atom stereocenters. The van der Waals surface area contributed by atoms with Crippen LogP contribution in [0.5, 0.6) is 23.3 Å². The molecule has 0 saturated heterocycles. The molecule has 0 aliphatic carbocycles. The molecule has 0 bridgehead atoms. The van der Waals surface area contributed by atoms with E-state index in [0.29, 0.717) is 66.5 Å². The summed E-state index contributed by atoms with van der Waals surface area (Å²) < 4.78 is 16.9. The van der Waals surface area contributed by atoms with Crippen molar-refractivity contribution in [1.82, 2.24) is 28.2 Å². The molecule has 15 nitrogen and oxygen atoms in total. The maximum atomic E-state index is 13.6. The Morgan fingerprint density at radius 3 is 1.68 bits per heavy atom. The Labute approximate surface area is 414 Å². The van der Waals surface area contributed by atoms with Gasteiger partial charge in [-0.3, -0.25) is 27.9 Å². The third kappa shape index (κ3) is 12.5. The molecule has 19 heteroatoms. The number of aryl methyl sites for hydroxylation is 2. The quantitative estimate of drug-likeness (QED) is 0.112. The molecule has 4 heterocycles. The first-order valence-electron chi connectivity index (χ1n) is 21.5. The van der Waals surface area contributed by atoms with Crippen molar-refractivity contribution in [3.63, 3.8) is 0 Å². The second-order valence-electron chi connectivity index (χ2n) is 15.5. The lowest BCUT2D eigenvalue weighted by Gasteiger charge is -2.19. The molecule has 358 valence electrons. The van der Waals surface area contributed by atoms with E-state index in [1.165, 1.54) is 42.8 Å². The van der Waals surface area contributed by atoms with E-state index in [-0.39, 0.29) is 46.1 Å². The number of aliphatic hydroxyl groups excluding tert-OH is 1. The number of hydrogen-bond donors (Lipinski definition) is 2. The zero-order valence-electron chi connectivity index (χ0n) is 37.7. The monoisotopic (exact) mass is 1010 g/mol. The minimum atomic E-state index is -1.27. The molecule has 0 aliphatic rings. The fraction of sp³-hybridized carbons (Fsp3) is 0.220. The molecule has 4 aromatic heterocycles. The van der Waals surface area contributed by atoms with Crippen LogP contribution < -0.4 is 32.0 Å².